The number of aliphatic carboxylic acids is 1. The molecule has 1 aromatic rings. The molecule has 0 saturated carbocycles. The zero-order chi connectivity index (χ0) is 28.8. The molecule has 9 heteroatoms. The maximum absolute atomic E-state index is 13.8. The lowest BCUT2D eigenvalue weighted by Crippen LogP contribution is -2.68. The van der Waals surface area contributed by atoms with E-state index in [0.717, 1.165) is 4.47 Å². The van der Waals surface area contributed by atoms with Gasteiger partial charge >= 0.3 is 5.97 Å². The molecule has 37 heavy (non-hydrogen) atoms. The Balaban J connectivity index is 3.33. The summed E-state index contributed by atoms with van der Waals surface area (Å²) >= 11 is 3.35. The van der Waals surface area contributed by atoms with E-state index in [0.29, 0.717) is 12.0 Å². The molecule has 0 aliphatic rings. The predicted molar refractivity (Wildman–Crippen MR) is 149 cm³/mol. The van der Waals surface area contributed by atoms with Crippen molar-refractivity contribution in [3.63, 3.8) is 0 Å². The Morgan fingerprint density at radius 2 is 1.05 bits per heavy atom. The van der Waals surface area contributed by atoms with Gasteiger partial charge in [-0.3, -0.25) is 14.4 Å². The van der Waals surface area contributed by atoms with Crippen molar-refractivity contribution in [2.75, 3.05) is 0 Å². The van der Waals surface area contributed by atoms with Gasteiger partial charge in [-0.2, -0.15) is 0 Å². The number of carboxylic acids is 1. The summed E-state index contributed by atoms with van der Waals surface area (Å²) in [5.74, 6) is -2.53. The molecular weight excluding hydrogens is 538 g/mol. The van der Waals surface area contributed by atoms with E-state index in [1.165, 1.54) is 6.92 Å². The minimum absolute atomic E-state index is 0.0194. The summed E-state index contributed by atoms with van der Waals surface area (Å²) in [6.07, 6.45) is 0.842. The van der Waals surface area contributed by atoms with Crippen molar-refractivity contribution in [2.24, 2.45) is 17.8 Å². The first-order valence-electron chi connectivity index (χ1n) is 12.8. The minimum Gasteiger partial charge on any atom is -0.480 e. The van der Waals surface area contributed by atoms with E-state index < -0.39 is 40.3 Å². The molecule has 0 aliphatic heterocycles. The van der Waals surface area contributed by atoms with Crippen molar-refractivity contribution in [1.82, 2.24) is 16.0 Å². The number of hydrogen-bond donors (Lipinski definition) is 4. The van der Waals surface area contributed by atoms with Gasteiger partial charge in [0.05, 0.1) is 0 Å². The molecule has 0 fully saturated rings. The molecule has 0 heterocycles. The van der Waals surface area contributed by atoms with Crippen LogP contribution in [0.5, 0.6) is 0 Å². The van der Waals surface area contributed by atoms with E-state index in [2.05, 4.69) is 31.9 Å². The van der Waals surface area contributed by atoms with Crippen LogP contribution in [0.3, 0.4) is 0 Å². The summed E-state index contributed by atoms with van der Waals surface area (Å²) in [5.41, 5.74) is -3.81. The van der Waals surface area contributed by atoms with Gasteiger partial charge in [0, 0.05) is 10.0 Å². The number of rotatable bonds is 13. The average molecular weight is 583 g/mol. The van der Waals surface area contributed by atoms with Gasteiger partial charge < -0.3 is 21.1 Å². The number of nitrogens with one attached hydrogen (secondary N) is 3. The summed E-state index contributed by atoms with van der Waals surface area (Å²) in [7, 11) is 0. The third-order valence-corrected chi connectivity index (χ3v) is 6.73. The van der Waals surface area contributed by atoms with Crippen LogP contribution in [0, 0.1) is 17.8 Å². The molecule has 3 amide bonds. The fourth-order valence-electron chi connectivity index (χ4n) is 4.74. The zero-order valence-corrected chi connectivity index (χ0v) is 25.2. The van der Waals surface area contributed by atoms with Crippen LogP contribution in [0.1, 0.15) is 91.9 Å². The molecule has 8 nitrogen and oxygen atoms in total. The fraction of sp³-hybridized carbons (Fsp3) is 0.643. The smallest absolute Gasteiger partial charge is 0.329 e. The first-order chi connectivity index (χ1) is 16.8. The lowest BCUT2D eigenvalue weighted by molar-refractivity contribution is -0.149. The summed E-state index contributed by atoms with van der Waals surface area (Å²) in [6, 6.07) is 6.81. The van der Waals surface area contributed by atoms with Crippen LogP contribution in [-0.2, 0) is 14.4 Å². The third-order valence-electron chi connectivity index (χ3n) is 6.20. The van der Waals surface area contributed by atoms with Crippen molar-refractivity contribution < 1.29 is 24.3 Å². The second-order valence-corrected chi connectivity index (χ2v) is 12.9. The van der Waals surface area contributed by atoms with Crippen molar-refractivity contribution in [1.29, 1.82) is 0 Å². The predicted octanol–water partition coefficient (Wildman–Crippen LogP) is 4.91. The number of halogens is 1. The Kier molecular flexibility index (Phi) is 11.4. The van der Waals surface area contributed by atoms with Gasteiger partial charge in [0.25, 0.3) is 5.91 Å². The van der Waals surface area contributed by atoms with Crippen LogP contribution in [0.25, 0.3) is 0 Å². The Bertz CT molecular complexity index is 979. The average Bonchev–Trinajstić information content (AvgIpc) is 2.71. The van der Waals surface area contributed by atoms with E-state index >= 15 is 0 Å². The van der Waals surface area contributed by atoms with E-state index in [1.54, 1.807) is 38.1 Å². The quantitative estimate of drug-likeness (QED) is 0.263. The lowest BCUT2D eigenvalue weighted by atomic mass is 9.84. The van der Waals surface area contributed by atoms with E-state index in [4.69, 9.17) is 0 Å². The zero-order valence-electron chi connectivity index (χ0n) is 23.6. The van der Waals surface area contributed by atoms with Crippen LogP contribution in [0.2, 0.25) is 0 Å². The van der Waals surface area contributed by atoms with Crippen LogP contribution in [0.15, 0.2) is 28.7 Å². The highest BCUT2D eigenvalue weighted by Gasteiger charge is 2.46. The molecule has 0 saturated heterocycles. The van der Waals surface area contributed by atoms with Crippen molar-refractivity contribution in [2.45, 2.75) is 98.2 Å². The fourth-order valence-corrected chi connectivity index (χ4v) is 5.01. The maximum atomic E-state index is 13.8. The number of benzene rings is 1. The van der Waals surface area contributed by atoms with E-state index in [9.17, 15) is 24.3 Å². The molecule has 0 bridgehead atoms. The van der Waals surface area contributed by atoms with Crippen molar-refractivity contribution in [3.8, 4) is 0 Å². The summed E-state index contributed by atoms with van der Waals surface area (Å²) in [6.45, 7) is 16.2. The van der Waals surface area contributed by atoms with Gasteiger partial charge in [-0.15, -0.1) is 0 Å². The van der Waals surface area contributed by atoms with Crippen molar-refractivity contribution >= 4 is 39.6 Å². The topological polar surface area (TPSA) is 125 Å². The molecule has 0 radical (unpaired) electrons. The summed E-state index contributed by atoms with van der Waals surface area (Å²) < 4.78 is 0.827. The van der Waals surface area contributed by atoms with Gasteiger partial charge in [0.1, 0.15) is 16.6 Å². The number of carbonyl (C=O) groups excluding carboxylic acids is 3. The number of carboxylic acid groups (broad SMARTS) is 1. The van der Waals surface area contributed by atoms with Crippen LogP contribution >= 0.6 is 15.9 Å². The minimum atomic E-state index is -1.49. The highest BCUT2D eigenvalue weighted by atomic mass is 79.9. The maximum Gasteiger partial charge on any atom is 0.329 e. The lowest BCUT2D eigenvalue weighted by Gasteiger charge is -2.39. The van der Waals surface area contributed by atoms with E-state index in [1.807, 2.05) is 41.5 Å². The van der Waals surface area contributed by atoms with Gasteiger partial charge in [0.15, 0.2) is 0 Å². The molecule has 3 atom stereocenters. The molecular formula is C28H44BrN3O5. The monoisotopic (exact) mass is 581 g/mol. The molecule has 0 spiro atoms. The first kappa shape index (κ1) is 32.6. The van der Waals surface area contributed by atoms with Crippen LogP contribution in [-0.4, -0.2) is 45.4 Å². The SMILES string of the molecule is CC(C)C[C@](C)(NC(=O)[C@](C)(CC(C)C)NC(=O)[C@](C)(CC(C)C)NC(=O)c1ccc(Br)cc1)C(=O)O. The first-order valence-corrected chi connectivity index (χ1v) is 13.6. The van der Waals surface area contributed by atoms with Crippen molar-refractivity contribution in [3.05, 3.63) is 34.3 Å². The van der Waals surface area contributed by atoms with Gasteiger partial charge in [-0.05, 0) is 82.1 Å². The van der Waals surface area contributed by atoms with Gasteiger partial charge in [-0.25, -0.2) is 4.79 Å². The summed E-state index contributed by atoms with van der Waals surface area (Å²) in [4.78, 5) is 52.5. The molecule has 4 N–H and O–H groups in total. The normalized spacial score (nSPS) is 16.5. The molecule has 208 valence electrons. The highest BCUT2D eigenvalue weighted by molar-refractivity contribution is 9.10. The van der Waals surface area contributed by atoms with Crippen LogP contribution in [0.4, 0.5) is 0 Å². The molecule has 1 aromatic carbocycles. The Labute approximate surface area is 229 Å². The van der Waals surface area contributed by atoms with Crippen LogP contribution < -0.4 is 16.0 Å². The second kappa shape index (κ2) is 12.9. The Morgan fingerprint density at radius 3 is 1.43 bits per heavy atom. The van der Waals surface area contributed by atoms with E-state index in [-0.39, 0.29) is 30.6 Å². The third kappa shape index (κ3) is 9.43. The standard InChI is InChI=1S/C28H44BrN3O5/c1-17(2)14-26(7,30-22(33)20-10-12-21(29)13-11-20)23(34)31-27(8,15-18(3)4)24(35)32-28(9,25(36)37)16-19(5)6/h10-13,17-19H,14-16H2,1-9H3,(H,30,33)(H,31,34)(H,32,35)(H,36,37)/t26-,27-,28-/m0/s1. The Morgan fingerprint density at radius 1 is 0.703 bits per heavy atom. The largest absolute Gasteiger partial charge is 0.480 e. The molecule has 0 aliphatic carbocycles. The second-order valence-electron chi connectivity index (χ2n) is 12.0. The summed E-state index contributed by atoms with van der Waals surface area (Å²) in [5, 5.41) is 18.3. The Hall–Kier alpha value is -2.42. The number of carbonyl (C=O) groups is 4. The number of amides is 3. The molecule has 1 rings (SSSR count). The molecule has 0 unspecified atom stereocenters. The molecule has 0 aromatic heterocycles. The number of hydrogen-bond acceptors (Lipinski definition) is 4. The highest BCUT2D eigenvalue weighted by Crippen LogP contribution is 2.25. The van der Waals surface area contributed by atoms with Gasteiger partial charge in [0.2, 0.25) is 11.8 Å². The van der Waals surface area contributed by atoms with Gasteiger partial charge in [-0.1, -0.05) is 57.5 Å².